The number of halogens is 4. The molecule has 0 atom stereocenters. The van der Waals surface area contributed by atoms with E-state index in [4.69, 9.17) is 0 Å². The molecule has 108 valence electrons. The Bertz CT molecular complexity index is 818. The normalized spacial score (nSPS) is 12.0. The minimum atomic E-state index is -4.73. The molecule has 6 heteroatoms. The smallest absolute Gasteiger partial charge is 0.338 e. The maximum atomic E-state index is 14.1. The number of benzene rings is 2. The molecule has 2 nitrogen and oxygen atoms in total. The number of H-pyrrole nitrogens is 1. The summed E-state index contributed by atoms with van der Waals surface area (Å²) in [7, 11) is 0. The van der Waals surface area contributed by atoms with Gasteiger partial charge in [-0.15, -0.1) is 0 Å². The number of aromatic amines is 1. The van der Waals surface area contributed by atoms with Crippen LogP contribution in [0.2, 0.25) is 0 Å². The van der Waals surface area contributed by atoms with Gasteiger partial charge in [-0.2, -0.15) is 13.2 Å². The number of rotatable bonds is 1. The van der Waals surface area contributed by atoms with Gasteiger partial charge in [-0.05, 0) is 36.8 Å². The molecule has 2 aromatic carbocycles. The highest BCUT2D eigenvalue weighted by Gasteiger charge is 2.35. The van der Waals surface area contributed by atoms with Crippen molar-refractivity contribution in [2.45, 2.75) is 13.1 Å². The van der Waals surface area contributed by atoms with Gasteiger partial charge in [-0.1, -0.05) is 12.1 Å². The monoisotopic (exact) mass is 294 g/mol. The van der Waals surface area contributed by atoms with E-state index in [1.54, 1.807) is 12.1 Å². The fourth-order valence-corrected chi connectivity index (χ4v) is 2.18. The summed E-state index contributed by atoms with van der Waals surface area (Å²) in [6.07, 6.45) is -4.73. The van der Waals surface area contributed by atoms with E-state index in [0.717, 1.165) is 5.56 Å². The number of nitrogens with zero attached hydrogens (tertiary/aromatic N) is 1. The van der Waals surface area contributed by atoms with E-state index in [9.17, 15) is 17.6 Å². The number of nitrogens with one attached hydrogen (secondary N) is 1. The molecular weight excluding hydrogens is 284 g/mol. The largest absolute Gasteiger partial charge is 0.419 e. The molecule has 0 saturated heterocycles. The van der Waals surface area contributed by atoms with Crippen LogP contribution in [-0.4, -0.2) is 9.97 Å². The Morgan fingerprint density at radius 1 is 1.10 bits per heavy atom. The third kappa shape index (κ3) is 2.37. The molecule has 0 bridgehead atoms. The van der Waals surface area contributed by atoms with E-state index < -0.39 is 17.6 Å². The van der Waals surface area contributed by atoms with Gasteiger partial charge in [0, 0.05) is 0 Å². The SMILES string of the molecule is Cc1ccc2nc(-c3cccc(C(F)(F)F)c3F)[nH]c2c1. The van der Waals surface area contributed by atoms with Gasteiger partial charge in [0.05, 0.1) is 22.2 Å². The molecule has 3 aromatic rings. The molecule has 21 heavy (non-hydrogen) atoms. The summed E-state index contributed by atoms with van der Waals surface area (Å²) >= 11 is 0. The van der Waals surface area contributed by atoms with Crippen molar-refractivity contribution in [3.8, 4) is 11.4 Å². The first-order valence-corrected chi connectivity index (χ1v) is 6.19. The Labute approximate surface area is 117 Å². The first-order valence-electron chi connectivity index (χ1n) is 6.19. The zero-order valence-electron chi connectivity index (χ0n) is 10.9. The van der Waals surface area contributed by atoms with Crippen molar-refractivity contribution in [1.29, 1.82) is 0 Å². The van der Waals surface area contributed by atoms with Crippen molar-refractivity contribution in [3.63, 3.8) is 0 Å². The molecule has 1 N–H and O–H groups in total. The van der Waals surface area contributed by atoms with Crippen LogP contribution < -0.4 is 0 Å². The van der Waals surface area contributed by atoms with Crippen LogP contribution >= 0.6 is 0 Å². The van der Waals surface area contributed by atoms with Crippen LogP contribution in [0.3, 0.4) is 0 Å². The van der Waals surface area contributed by atoms with Crippen LogP contribution in [0.1, 0.15) is 11.1 Å². The Morgan fingerprint density at radius 3 is 2.57 bits per heavy atom. The minimum Gasteiger partial charge on any atom is -0.338 e. The highest BCUT2D eigenvalue weighted by atomic mass is 19.4. The average Bonchev–Trinajstić information content (AvgIpc) is 2.80. The van der Waals surface area contributed by atoms with E-state index >= 15 is 0 Å². The lowest BCUT2D eigenvalue weighted by Gasteiger charge is -2.09. The molecule has 0 amide bonds. The lowest BCUT2D eigenvalue weighted by atomic mass is 10.1. The van der Waals surface area contributed by atoms with Gasteiger partial charge in [-0.25, -0.2) is 9.37 Å². The maximum Gasteiger partial charge on any atom is 0.419 e. The summed E-state index contributed by atoms with van der Waals surface area (Å²) in [6.45, 7) is 1.88. The number of aryl methyl sites for hydroxylation is 1. The third-order valence-electron chi connectivity index (χ3n) is 3.20. The van der Waals surface area contributed by atoms with E-state index in [1.165, 1.54) is 12.1 Å². The molecule has 1 aromatic heterocycles. The summed E-state index contributed by atoms with van der Waals surface area (Å²) in [5.74, 6) is -1.24. The second-order valence-electron chi connectivity index (χ2n) is 4.77. The van der Waals surface area contributed by atoms with Crippen LogP contribution in [-0.2, 0) is 6.18 Å². The van der Waals surface area contributed by atoms with Crippen molar-refractivity contribution >= 4 is 11.0 Å². The van der Waals surface area contributed by atoms with Crippen molar-refractivity contribution in [3.05, 3.63) is 53.3 Å². The van der Waals surface area contributed by atoms with Crippen molar-refractivity contribution in [2.75, 3.05) is 0 Å². The van der Waals surface area contributed by atoms with Crippen LogP contribution in [0.25, 0.3) is 22.4 Å². The topological polar surface area (TPSA) is 28.7 Å². The molecule has 3 rings (SSSR count). The van der Waals surface area contributed by atoms with Crippen LogP contribution in [0, 0.1) is 12.7 Å². The second-order valence-corrected chi connectivity index (χ2v) is 4.77. The average molecular weight is 294 g/mol. The maximum absolute atomic E-state index is 14.1. The molecule has 0 saturated carbocycles. The molecule has 0 aliphatic heterocycles. The number of alkyl halides is 3. The number of hydrogen-bond acceptors (Lipinski definition) is 1. The molecule has 0 fully saturated rings. The quantitative estimate of drug-likeness (QED) is 0.648. The summed E-state index contributed by atoms with van der Waals surface area (Å²) in [6, 6.07) is 8.52. The molecule has 0 aliphatic rings. The van der Waals surface area contributed by atoms with E-state index in [0.29, 0.717) is 17.1 Å². The van der Waals surface area contributed by atoms with Crippen LogP contribution in [0.15, 0.2) is 36.4 Å². The first-order chi connectivity index (χ1) is 9.86. The summed E-state index contributed by atoms with van der Waals surface area (Å²) in [4.78, 5) is 7.00. The Hall–Kier alpha value is -2.37. The number of imidazole rings is 1. The van der Waals surface area contributed by atoms with Gasteiger partial charge in [0.15, 0.2) is 0 Å². The minimum absolute atomic E-state index is 0.0826. The van der Waals surface area contributed by atoms with Crippen molar-refractivity contribution in [1.82, 2.24) is 9.97 Å². The highest BCUT2D eigenvalue weighted by Crippen LogP contribution is 2.35. The van der Waals surface area contributed by atoms with Crippen molar-refractivity contribution < 1.29 is 17.6 Å². The molecule has 0 spiro atoms. The Balaban J connectivity index is 2.19. The van der Waals surface area contributed by atoms with E-state index in [1.807, 2.05) is 13.0 Å². The number of aromatic nitrogens is 2. The van der Waals surface area contributed by atoms with Gasteiger partial charge >= 0.3 is 6.18 Å². The number of hydrogen-bond donors (Lipinski definition) is 1. The van der Waals surface area contributed by atoms with Gasteiger partial charge in [0.25, 0.3) is 0 Å². The standard InChI is InChI=1S/C15H10F4N2/c1-8-5-6-11-12(7-8)21-14(20-11)9-3-2-4-10(13(9)16)15(17,18)19/h2-7H,1H3,(H,20,21). The van der Waals surface area contributed by atoms with Gasteiger partial charge < -0.3 is 4.98 Å². The summed E-state index contributed by atoms with van der Waals surface area (Å²) < 4.78 is 52.3. The predicted octanol–water partition coefficient (Wildman–Crippen LogP) is 4.70. The molecule has 0 aliphatic carbocycles. The van der Waals surface area contributed by atoms with E-state index in [2.05, 4.69) is 9.97 Å². The van der Waals surface area contributed by atoms with Crippen LogP contribution in [0.5, 0.6) is 0 Å². The zero-order valence-corrected chi connectivity index (χ0v) is 10.9. The summed E-state index contributed by atoms with van der Waals surface area (Å²) in [5, 5.41) is 0. The zero-order chi connectivity index (χ0) is 15.2. The fraction of sp³-hybridized carbons (Fsp3) is 0.133. The lowest BCUT2D eigenvalue weighted by molar-refractivity contribution is -0.139. The van der Waals surface area contributed by atoms with Crippen LogP contribution in [0.4, 0.5) is 17.6 Å². The molecule has 0 radical (unpaired) electrons. The van der Waals surface area contributed by atoms with Gasteiger partial charge in [0.2, 0.25) is 0 Å². The summed E-state index contributed by atoms with van der Waals surface area (Å²) in [5.41, 5.74) is 0.715. The number of fused-ring (bicyclic) bond motifs is 1. The third-order valence-corrected chi connectivity index (χ3v) is 3.20. The second kappa shape index (κ2) is 4.58. The molecule has 1 heterocycles. The fourth-order valence-electron chi connectivity index (χ4n) is 2.18. The first kappa shape index (κ1) is 13.6. The Kier molecular flexibility index (Phi) is 2.97. The van der Waals surface area contributed by atoms with Gasteiger partial charge in [-0.3, -0.25) is 0 Å². The van der Waals surface area contributed by atoms with Crippen molar-refractivity contribution in [2.24, 2.45) is 0 Å². The molecular formula is C15H10F4N2. The highest BCUT2D eigenvalue weighted by molar-refractivity contribution is 5.80. The molecule has 0 unspecified atom stereocenters. The Morgan fingerprint density at radius 2 is 1.86 bits per heavy atom. The predicted molar refractivity (Wildman–Crippen MR) is 71.2 cm³/mol. The van der Waals surface area contributed by atoms with E-state index in [-0.39, 0.29) is 11.4 Å². The van der Waals surface area contributed by atoms with Gasteiger partial charge in [0.1, 0.15) is 11.6 Å². The lowest BCUT2D eigenvalue weighted by Crippen LogP contribution is -2.08.